The summed E-state index contributed by atoms with van der Waals surface area (Å²) in [5.41, 5.74) is 1.32. The van der Waals surface area contributed by atoms with Gasteiger partial charge in [0.1, 0.15) is 11.9 Å². The summed E-state index contributed by atoms with van der Waals surface area (Å²) in [6.45, 7) is 7.91. The summed E-state index contributed by atoms with van der Waals surface area (Å²) in [6, 6.07) is 2.53. The lowest BCUT2D eigenvalue weighted by Crippen LogP contribution is -2.53. The number of nitrogens with one attached hydrogen (secondary N) is 2. The third kappa shape index (κ3) is 4.71. The van der Waals surface area contributed by atoms with Crippen LogP contribution < -0.4 is 16.2 Å². The van der Waals surface area contributed by atoms with Gasteiger partial charge in [-0.25, -0.2) is 4.98 Å². The zero-order chi connectivity index (χ0) is 22.9. The van der Waals surface area contributed by atoms with E-state index in [1.165, 1.54) is 10.6 Å². The van der Waals surface area contributed by atoms with Crippen molar-refractivity contribution >= 4 is 11.8 Å². The van der Waals surface area contributed by atoms with Crippen LogP contribution in [-0.4, -0.2) is 57.5 Å². The molecule has 3 rings (SSSR count). The molecule has 2 amide bonds. The summed E-state index contributed by atoms with van der Waals surface area (Å²) >= 11 is 0. The molecule has 9 nitrogen and oxygen atoms in total. The monoisotopic (exact) mass is 428 g/mol. The highest BCUT2D eigenvalue weighted by Crippen LogP contribution is 2.26. The van der Waals surface area contributed by atoms with E-state index in [2.05, 4.69) is 20.1 Å². The Morgan fingerprint density at radius 1 is 1.16 bits per heavy atom. The van der Waals surface area contributed by atoms with Crippen LogP contribution in [0.1, 0.15) is 43.4 Å². The molecule has 1 aliphatic rings. The Morgan fingerprint density at radius 3 is 2.48 bits per heavy atom. The predicted octanol–water partition coefficient (Wildman–Crippen LogP) is 0.975. The molecule has 0 aliphatic carbocycles. The molecule has 0 aromatic carbocycles. The van der Waals surface area contributed by atoms with Gasteiger partial charge in [-0.2, -0.15) is 0 Å². The largest absolute Gasteiger partial charge is 0.357 e. The van der Waals surface area contributed by atoms with Crippen LogP contribution in [0.2, 0.25) is 0 Å². The van der Waals surface area contributed by atoms with Crippen LogP contribution in [0.4, 0.5) is 0 Å². The van der Waals surface area contributed by atoms with Gasteiger partial charge in [0.15, 0.2) is 5.69 Å². The first-order valence-corrected chi connectivity index (χ1v) is 10.5. The van der Waals surface area contributed by atoms with E-state index < -0.39 is 11.5 Å². The molecular formula is C22H32N6O3. The Hall–Kier alpha value is -2.94. The summed E-state index contributed by atoms with van der Waals surface area (Å²) in [5.74, 6) is 0.0264. The van der Waals surface area contributed by atoms with Gasteiger partial charge < -0.3 is 24.7 Å². The van der Waals surface area contributed by atoms with Gasteiger partial charge in [0.05, 0.1) is 5.69 Å². The molecule has 31 heavy (non-hydrogen) atoms. The molecule has 0 radical (unpaired) electrons. The van der Waals surface area contributed by atoms with E-state index in [1.807, 2.05) is 27.8 Å². The molecule has 168 valence electrons. The maximum Gasteiger partial charge on any atom is 0.272 e. The van der Waals surface area contributed by atoms with Crippen molar-refractivity contribution in [1.82, 2.24) is 29.7 Å². The van der Waals surface area contributed by atoms with Crippen molar-refractivity contribution in [3.8, 4) is 11.4 Å². The molecule has 0 saturated heterocycles. The van der Waals surface area contributed by atoms with E-state index in [4.69, 9.17) is 4.98 Å². The van der Waals surface area contributed by atoms with Crippen molar-refractivity contribution < 1.29 is 9.59 Å². The highest BCUT2D eigenvalue weighted by Gasteiger charge is 2.34. The fourth-order valence-electron chi connectivity index (χ4n) is 3.87. The number of carbonyl (C=O) groups excluding carboxylic acids is 2. The van der Waals surface area contributed by atoms with Gasteiger partial charge in [-0.15, -0.1) is 0 Å². The molecular weight excluding hydrogens is 396 g/mol. The minimum atomic E-state index is -0.702. The minimum Gasteiger partial charge on any atom is -0.357 e. The van der Waals surface area contributed by atoms with E-state index in [9.17, 15) is 14.4 Å². The number of nitrogens with zero attached hydrogens (tertiary/aromatic N) is 4. The molecule has 0 unspecified atom stereocenters. The molecule has 0 spiro atoms. The van der Waals surface area contributed by atoms with Gasteiger partial charge in [-0.3, -0.25) is 14.4 Å². The number of imidazole rings is 1. The van der Waals surface area contributed by atoms with Gasteiger partial charge in [0, 0.05) is 45.0 Å². The Kier molecular flexibility index (Phi) is 6.35. The lowest BCUT2D eigenvalue weighted by atomic mass is 9.86. The Balaban J connectivity index is 2.08. The van der Waals surface area contributed by atoms with E-state index in [1.54, 1.807) is 26.4 Å². The maximum atomic E-state index is 13.3. The first kappa shape index (κ1) is 22.7. The second-order valence-electron chi connectivity index (χ2n) is 9.23. The van der Waals surface area contributed by atoms with Crippen molar-refractivity contribution in [2.75, 3.05) is 20.6 Å². The highest BCUT2D eigenvalue weighted by molar-refractivity contribution is 5.97. The van der Waals surface area contributed by atoms with Crippen LogP contribution in [-0.2, 0) is 24.9 Å². The maximum absolute atomic E-state index is 13.3. The first-order chi connectivity index (χ1) is 14.5. The molecule has 0 fully saturated rings. The molecule has 0 saturated carbocycles. The van der Waals surface area contributed by atoms with Crippen molar-refractivity contribution in [3.05, 3.63) is 40.1 Å². The number of hydrogen-bond donors (Lipinski definition) is 2. The van der Waals surface area contributed by atoms with E-state index in [-0.39, 0.29) is 17.4 Å². The second-order valence-corrected chi connectivity index (χ2v) is 9.23. The summed E-state index contributed by atoms with van der Waals surface area (Å²) in [7, 11) is 5.26. The van der Waals surface area contributed by atoms with Crippen LogP contribution in [0.3, 0.4) is 0 Å². The van der Waals surface area contributed by atoms with Crippen molar-refractivity contribution in [2.24, 2.45) is 12.5 Å². The number of amides is 2. The van der Waals surface area contributed by atoms with Gasteiger partial charge >= 0.3 is 0 Å². The molecule has 1 aliphatic heterocycles. The smallest absolute Gasteiger partial charge is 0.272 e. The summed E-state index contributed by atoms with van der Waals surface area (Å²) < 4.78 is 3.56. The Labute approximate surface area is 182 Å². The van der Waals surface area contributed by atoms with Crippen LogP contribution in [0.5, 0.6) is 0 Å². The fourth-order valence-corrected chi connectivity index (χ4v) is 3.87. The van der Waals surface area contributed by atoms with Crippen LogP contribution in [0.25, 0.3) is 11.4 Å². The standard InChI is InChI=1S/C22H32N6O3/c1-22(2,3)18(21(31)23-4)25-20(30)17-15-13-26(5)10-7-11-28(15)19(24-17)14-8-9-16(29)27(6)12-14/h8-9,12,18H,7,10-11,13H2,1-6H3,(H,23,31)(H,25,30)/t18-/m1/s1. The topological polar surface area (TPSA) is 101 Å². The zero-order valence-corrected chi connectivity index (χ0v) is 19.2. The van der Waals surface area contributed by atoms with Crippen LogP contribution in [0, 0.1) is 5.41 Å². The average molecular weight is 429 g/mol. The number of carbonyl (C=O) groups is 2. The molecule has 9 heteroatoms. The second kappa shape index (κ2) is 8.66. The third-order valence-electron chi connectivity index (χ3n) is 5.62. The van der Waals surface area contributed by atoms with E-state index >= 15 is 0 Å². The average Bonchev–Trinajstić information content (AvgIpc) is 2.93. The zero-order valence-electron chi connectivity index (χ0n) is 19.2. The molecule has 1 atom stereocenters. The number of likely N-dealkylation sites (N-methyl/N-ethyl adjacent to an activating group) is 1. The van der Waals surface area contributed by atoms with Gasteiger partial charge in [-0.1, -0.05) is 20.8 Å². The molecule has 2 N–H and O–H groups in total. The van der Waals surface area contributed by atoms with Gasteiger partial charge in [0.25, 0.3) is 5.91 Å². The number of aryl methyl sites for hydroxylation is 1. The summed E-state index contributed by atoms with van der Waals surface area (Å²) in [6.07, 6.45) is 2.65. The van der Waals surface area contributed by atoms with Crippen molar-refractivity contribution in [1.29, 1.82) is 0 Å². The number of rotatable bonds is 4. The molecule has 2 aromatic rings. The Morgan fingerprint density at radius 2 is 1.87 bits per heavy atom. The minimum absolute atomic E-state index is 0.109. The molecule has 0 bridgehead atoms. The molecule has 3 heterocycles. The Bertz CT molecular complexity index is 1050. The van der Waals surface area contributed by atoms with Crippen LogP contribution >= 0.6 is 0 Å². The lowest BCUT2D eigenvalue weighted by molar-refractivity contribution is -0.124. The highest BCUT2D eigenvalue weighted by atomic mass is 16.2. The van der Waals surface area contributed by atoms with E-state index in [0.717, 1.165) is 30.8 Å². The van der Waals surface area contributed by atoms with Crippen molar-refractivity contribution in [3.63, 3.8) is 0 Å². The van der Waals surface area contributed by atoms with E-state index in [0.29, 0.717) is 18.1 Å². The van der Waals surface area contributed by atoms with Crippen LogP contribution in [0.15, 0.2) is 23.1 Å². The SMILES string of the molecule is CNC(=O)[C@@H](NC(=O)c1nc(-c2ccc(=O)n(C)c2)n2c1CN(C)CCC2)C(C)(C)C. The number of pyridine rings is 1. The lowest BCUT2D eigenvalue weighted by Gasteiger charge is -2.29. The third-order valence-corrected chi connectivity index (χ3v) is 5.62. The molecule has 2 aromatic heterocycles. The quantitative estimate of drug-likeness (QED) is 0.756. The predicted molar refractivity (Wildman–Crippen MR) is 119 cm³/mol. The first-order valence-electron chi connectivity index (χ1n) is 10.5. The number of fused-ring (bicyclic) bond motifs is 1. The normalized spacial score (nSPS) is 15.7. The fraction of sp³-hybridized carbons (Fsp3) is 0.545. The number of hydrogen-bond acceptors (Lipinski definition) is 5. The van der Waals surface area contributed by atoms with Crippen molar-refractivity contribution in [2.45, 2.75) is 46.3 Å². The van der Waals surface area contributed by atoms with Gasteiger partial charge in [-0.05, 0) is 31.5 Å². The number of aromatic nitrogens is 3. The van der Waals surface area contributed by atoms with Gasteiger partial charge in [0.2, 0.25) is 11.5 Å². The summed E-state index contributed by atoms with van der Waals surface area (Å²) in [4.78, 5) is 44.5. The summed E-state index contributed by atoms with van der Waals surface area (Å²) in [5, 5.41) is 5.52.